The van der Waals surface area contributed by atoms with Crippen LogP contribution in [0.5, 0.6) is 0 Å². The van der Waals surface area contributed by atoms with Crippen molar-refractivity contribution in [3.8, 4) is 0 Å². The first kappa shape index (κ1) is 16.7. The number of piperazine rings is 1. The molecule has 1 rings (SSSR count). The number of aliphatic carboxylic acids is 1. The molecule has 2 amide bonds. The molecule has 2 atom stereocenters. The summed E-state index contributed by atoms with van der Waals surface area (Å²) in [4.78, 5) is 26.9. The van der Waals surface area contributed by atoms with Crippen LogP contribution < -0.4 is 5.32 Å². The van der Waals surface area contributed by atoms with E-state index >= 15 is 0 Å². The minimum absolute atomic E-state index is 0.0217. The topological polar surface area (TPSA) is 93.1 Å². The molecular formula is C13H25N3O4. The summed E-state index contributed by atoms with van der Waals surface area (Å²) in [7, 11) is 0. The molecule has 7 heteroatoms. The SMILES string of the molecule is CCC(C)N1CCN(C(=O)N[C@@H](CCO)C(=O)O)CC1. The highest BCUT2D eigenvalue weighted by Crippen LogP contribution is 2.09. The van der Waals surface area contributed by atoms with Crippen LogP contribution in [-0.2, 0) is 4.79 Å². The van der Waals surface area contributed by atoms with Crippen molar-refractivity contribution < 1.29 is 19.8 Å². The standard InChI is InChI=1S/C13H25N3O4/c1-3-10(2)15-5-7-16(8-6-15)13(20)14-11(4-9-17)12(18)19/h10-11,17H,3-9H2,1-2H3,(H,14,20)(H,18,19)/t10?,11-/m0/s1. The van der Waals surface area contributed by atoms with Gasteiger partial charge in [-0.1, -0.05) is 6.92 Å². The number of carboxylic acids is 1. The monoisotopic (exact) mass is 287 g/mol. The van der Waals surface area contributed by atoms with Crippen molar-refractivity contribution in [3.05, 3.63) is 0 Å². The highest BCUT2D eigenvalue weighted by molar-refractivity contribution is 5.82. The molecule has 7 nitrogen and oxygen atoms in total. The maximum Gasteiger partial charge on any atom is 0.326 e. The minimum atomic E-state index is -1.12. The second-order valence-electron chi connectivity index (χ2n) is 5.13. The Morgan fingerprint density at radius 1 is 1.25 bits per heavy atom. The zero-order valence-corrected chi connectivity index (χ0v) is 12.2. The van der Waals surface area contributed by atoms with Gasteiger partial charge in [0.1, 0.15) is 6.04 Å². The number of carbonyl (C=O) groups excluding carboxylic acids is 1. The van der Waals surface area contributed by atoms with Gasteiger partial charge < -0.3 is 20.4 Å². The lowest BCUT2D eigenvalue weighted by Gasteiger charge is -2.38. The molecule has 0 aliphatic carbocycles. The van der Waals surface area contributed by atoms with Gasteiger partial charge in [0.05, 0.1) is 0 Å². The van der Waals surface area contributed by atoms with Gasteiger partial charge in [0.2, 0.25) is 0 Å². The van der Waals surface area contributed by atoms with Crippen LogP contribution in [0.15, 0.2) is 0 Å². The summed E-state index contributed by atoms with van der Waals surface area (Å²) in [6.07, 6.45) is 1.09. The van der Waals surface area contributed by atoms with E-state index in [9.17, 15) is 9.59 Å². The van der Waals surface area contributed by atoms with Crippen molar-refractivity contribution in [2.45, 2.75) is 38.8 Å². The Morgan fingerprint density at radius 2 is 1.85 bits per heavy atom. The fourth-order valence-corrected chi connectivity index (χ4v) is 2.25. The number of carboxylic acid groups (broad SMARTS) is 1. The maximum absolute atomic E-state index is 12.0. The van der Waals surface area contributed by atoms with Gasteiger partial charge in [-0.3, -0.25) is 4.90 Å². The Balaban J connectivity index is 2.44. The molecular weight excluding hydrogens is 262 g/mol. The number of rotatable bonds is 6. The second kappa shape index (κ2) is 8.06. The zero-order valence-electron chi connectivity index (χ0n) is 12.2. The highest BCUT2D eigenvalue weighted by Gasteiger charge is 2.26. The van der Waals surface area contributed by atoms with E-state index in [-0.39, 0.29) is 19.1 Å². The van der Waals surface area contributed by atoms with Crippen molar-refractivity contribution >= 4 is 12.0 Å². The van der Waals surface area contributed by atoms with E-state index in [0.29, 0.717) is 19.1 Å². The van der Waals surface area contributed by atoms with Gasteiger partial charge >= 0.3 is 12.0 Å². The molecule has 3 N–H and O–H groups in total. The normalized spacial score (nSPS) is 19.4. The second-order valence-corrected chi connectivity index (χ2v) is 5.13. The van der Waals surface area contributed by atoms with E-state index in [2.05, 4.69) is 24.1 Å². The zero-order chi connectivity index (χ0) is 15.1. The van der Waals surface area contributed by atoms with Crippen LogP contribution in [0.4, 0.5) is 4.79 Å². The van der Waals surface area contributed by atoms with Crippen LogP contribution in [0.3, 0.4) is 0 Å². The van der Waals surface area contributed by atoms with Crippen LogP contribution in [0, 0.1) is 0 Å². The quantitative estimate of drug-likeness (QED) is 0.637. The molecule has 0 spiro atoms. The lowest BCUT2D eigenvalue weighted by atomic mass is 10.2. The first-order valence-corrected chi connectivity index (χ1v) is 7.12. The molecule has 1 heterocycles. The van der Waals surface area contributed by atoms with Gasteiger partial charge in [-0.15, -0.1) is 0 Å². The summed E-state index contributed by atoms with van der Waals surface area (Å²) in [6, 6.07) is -0.892. The minimum Gasteiger partial charge on any atom is -0.480 e. The third kappa shape index (κ3) is 4.64. The summed E-state index contributed by atoms with van der Waals surface area (Å²) in [5.74, 6) is -1.12. The highest BCUT2D eigenvalue weighted by atomic mass is 16.4. The largest absolute Gasteiger partial charge is 0.480 e. The molecule has 0 aromatic heterocycles. The van der Waals surface area contributed by atoms with Crippen LogP contribution in [-0.4, -0.2) is 76.9 Å². The van der Waals surface area contributed by atoms with Crippen LogP contribution >= 0.6 is 0 Å². The molecule has 0 aromatic carbocycles. The lowest BCUT2D eigenvalue weighted by molar-refractivity contribution is -0.139. The predicted molar refractivity (Wildman–Crippen MR) is 74.6 cm³/mol. The van der Waals surface area contributed by atoms with Crippen molar-refractivity contribution in [3.63, 3.8) is 0 Å². The van der Waals surface area contributed by atoms with E-state index < -0.39 is 12.0 Å². The van der Waals surface area contributed by atoms with Gasteiger partial charge in [0, 0.05) is 45.2 Å². The molecule has 1 aliphatic heterocycles. The summed E-state index contributed by atoms with van der Waals surface area (Å²) >= 11 is 0. The average Bonchev–Trinajstić information content (AvgIpc) is 2.45. The van der Waals surface area contributed by atoms with E-state index in [1.165, 1.54) is 0 Å². The Labute approximate surface area is 119 Å². The first-order chi connectivity index (χ1) is 9.49. The van der Waals surface area contributed by atoms with Crippen LogP contribution in [0.1, 0.15) is 26.7 Å². The number of hydrogen-bond acceptors (Lipinski definition) is 4. The molecule has 0 radical (unpaired) electrons. The molecule has 116 valence electrons. The average molecular weight is 287 g/mol. The third-order valence-corrected chi connectivity index (χ3v) is 3.83. The maximum atomic E-state index is 12.0. The van der Waals surface area contributed by atoms with E-state index in [1.54, 1.807) is 4.90 Å². The summed E-state index contributed by atoms with van der Waals surface area (Å²) in [6.45, 7) is 6.84. The number of hydrogen-bond donors (Lipinski definition) is 3. The molecule has 1 saturated heterocycles. The van der Waals surface area contributed by atoms with Gasteiger partial charge in [0.25, 0.3) is 0 Å². The van der Waals surface area contributed by atoms with Crippen molar-refractivity contribution in [1.29, 1.82) is 0 Å². The molecule has 0 saturated carbocycles. The van der Waals surface area contributed by atoms with Gasteiger partial charge in [0.15, 0.2) is 0 Å². The van der Waals surface area contributed by atoms with Crippen molar-refractivity contribution in [2.24, 2.45) is 0 Å². The Kier molecular flexibility index (Phi) is 6.74. The smallest absolute Gasteiger partial charge is 0.326 e. The molecule has 0 aromatic rings. The number of nitrogens with one attached hydrogen (secondary N) is 1. The van der Waals surface area contributed by atoms with Gasteiger partial charge in [-0.25, -0.2) is 9.59 Å². The number of aliphatic hydroxyl groups excluding tert-OH is 1. The number of amides is 2. The van der Waals surface area contributed by atoms with E-state index in [0.717, 1.165) is 19.5 Å². The molecule has 1 fully saturated rings. The van der Waals surface area contributed by atoms with Crippen molar-refractivity contribution in [1.82, 2.24) is 15.1 Å². The summed E-state index contributed by atoms with van der Waals surface area (Å²) in [5.41, 5.74) is 0. The number of carbonyl (C=O) groups is 2. The molecule has 0 bridgehead atoms. The van der Waals surface area contributed by atoms with E-state index in [4.69, 9.17) is 10.2 Å². The molecule has 1 unspecified atom stereocenters. The fraction of sp³-hybridized carbons (Fsp3) is 0.846. The summed E-state index contributed by atoms with van der Waals surface area (Å²) < 4.78 is 0. The number of urea groups is 1. The number of aliphatic hydroxyl groups is 1. The third-order valence-electron chi connectivity index (χ3n) is 3.83. The predicted octanol–water partition coefficient (Wildman–Crippen LogP) is -0.0523. The summed E-state index contributed by atoms with van der Waals surface area (Å²) in [5, 5.41) is 20.2. The molecule has 20 heavy (non-hydrogen) atoms. The number of nitrogens with zero attached hydrogens (tertiary/aromatic N) is 2. The Hall–Kier alpha value is -1.34. The van der Waals surface area contributed by atoms with Crippen LogP contribution in [0.2, 0.25) is 0 Å². The van der Waals surface area contributed by atoms with Crippen molar-refractivity contribution in [2.75, 3.05) is 32.8 Å². The Morgan fingerprint density at radius 3 is 2.30 bits per heavy atom. The lowest BCUT2D eigenvalue weighted by Crippen LogP contribution is -2.56. The Bertz CT molecular complexity index is 330. The van der Waals surface area contributed by atoms with Crippen LogP contribution in [0.25, 0.3) is 0 Å². The molecule has 1 aliphatic rings. The van der Waals surface area contributed by atoms with Gasteiger partial charge in [-0.2, -0.15) is 0 Å². The van der Waals surface area contributed by atoms with E-state index in [1.807, 2.05) is 0 Å². The van der Waals surface area contributed by atoms with Gasteiger partial charge in [-0.05, 0) is 13.3 Å². The fourth-order valence-electron chi connectivity index (χ4n) is 2.25. The first-order valence-electron chi connectivity index (χ1n) is 7.12.